The van der Waals surface area contributed by atoms with E-state index < -0.39 is 29.8 Å². The maximum absolute atomic E-state index is 12.2. The zero-order valence-corrected chi connectivity index (χ0v) is 12.5. The molecular formula is C12H19N3O7. The molecule has 0 atom stereocenters. The minimum Gasteiger partial charge on any atom is -0.438 e. The molecule has 0 radical (unpaired) electrons. The molecule has 124 valence electrons. The van der Waals surface area contributed by atoms with E-state index in [-0.39, 0.29) is 26.2 Å². The van der Waals surface area contributed by atoms with Crippen molar-refractivity contribution >= 4 is 6.16 Å². The number of aliphatic hydroxyl groups excluding tert-OH is 1. The molecule has 10 nitrogen and oxygen atoms in total. The predicted molar refractivity (Wildman–Crippen MR) is 75.0 cm³/mol. The van der Waals surface area contributed by atoms with Gasteiger partial charge in [0.25, 0.3) is 0 Å². The molecule has 22 heavy (non-hydrogen) atoms. The predicted octanol–water partition coefficient (Wildman–Crippen LogP) is -1.64. The van der Waals surface area contributed by atoms with Crippen LogP contribution in [0.15, 0.2) is 14.4 Å². The van der Waals surface area contributed by atoms with Gasteiger partial charge in [-0.2, -0.15) is 0 Å². The number of nitrogens with zero attached hydrogens (tertiary/aromatic N) is 3. The summed E-state index contributed by atoms with van der Waals surface area (Å²) in [6.07, 6.45) is -0.420. The van der Waals surface area contributed by atoms with Gasteiger partial charge in [-0.3, -0.25) is 0 Å². The molecule has 0 aliphatic heterocycles. The zero-order valence-electron chi connectivity index (χ0n) is 12.5. The van der Waals surface area contributed by atoms with Crippen LogP contribution in [-0.4, -0.2) is 45.3 Å². The van der Waals surface area contributed by atoms with Gasteiger partial charge in [0.05, 0.1) is 26.8 Å². The Bertz CT molecular complexity index is 641. The molecule has 0 bridgehead atoms. The summed E-state index contributed by atoms with van der Waals surface area (Å²) in [4.78, 5) is 47.2. The van der Waals surface area contributed by atoms with Crippen LogP contribution in [0.2, 0.25) is 0 Å². The smallest absolute Gasteiger partial charge is 0.438 e. The molecule has 0 spiro atoms. The second-order valence-corrected chi connectivity index (χ2v) is 4.33. The maximum atomic E-state index is 12.2. The van der Waals surface area contributed by atoms with E-state index in [0.29, 0.717) is 6.42 Å². The Balaban J connectivity index is 3.25. The lowest BCUT2D eigenvalue weighted by Crippen LogP contribution is -2.55. The van der Waals surface area contributed by atoms with E-state index in [1.807, 2.05) is 0 Å². The van der Waals surface area contributed by atoms with E-state index in [4.69, 9.17) is 5.11 Å². The summed E-state index contributed by atoms with van der Waals surface area (Å²) in [5, 5.41) is 8.95. The van der Waals surface area contributed by atoms with Gasteiger partial charge >= 0.3 is 23.2 Å². The largest absolute Gasteiger partial charge is 0.508 e. The molecule has 0 aromatic carbocycles. The maximum Gasteiger partial charge on any atom is 0.508 e. The number of hydrogen-bond acceptors (Lipinski definition) is 7. The second kappa shape index (κ2) is 8.17. The van der Waals surface area contributed by atoms with E-state index in [1.165, 1.54) is 0 Å². The standard InChI is InChI=1S/C12H19N3O7/c1-3-4-13-9(17)14(5-7-16)11(19)15(10(13)18)6-8-22-12(20)21-2/h16H,3-8H2,1-2H3. The van der Waals surface area contributed by atoms with Crippen molar-refractivity contribution in [3.8, 4) is 0 Å². The highest BCUT2D eigenvalue weighted by Gasteiger charge is 2.15. The van der Waals surface area contributed by atoms with E-state index in [2.05, 4.69) is 9.47 Å². The van der Waals surface area contributed by atoms with Gasteiger partial charge in [0.15, 0.2) is 0 Å². The first kappa shape index (κ1) is 17.7. The van der Waals surface area contributed by atoms with E-state index in [9.17, 15) is 19.2 Å². The number of ether oxygens (including phenoxy) is 2. The first-order valence-corrected chi connectivity index (χ1v) is 6.74. The number of aromatic nitrogens is 3. The highest BCUT2D eigenvalue weighted by atomic mass is 16.7. The van der Waals surface area contributed by atoms with Crippen LogP contribution in [0.1, 0.15) is 13.3 Å². The first-order chi connectivity index (χ1) is 10.5. The third-order valence-electron chi connectivity index (χ3n) is 2.86. The van der Waals surface area contributed by atoms with Crippen LogP contribution in [0.3, 0.4) is 0 Å². The van der Waals surface area contributed by atoms with Gasteiger partial charge in [-0.15, -0.1) is 0 Å². The Kier molecular flexibility index (Phi) is 6.57. The van der Waals surface area contributed by atoms with Gasteiger partial charge in [0.2, 0.25) is 0 Å². The van der Waals surface area contributed by atoms with Crippen LogP contribution in [0.25, 0.3) is 0 Å². The van der Waals surface area contributed by atoms with Crippen molar-refractivity contribution < 1.29 is 19.4 Å². The topological polar surface area (TPSA) is 122 Å². The fourth-order valence-electron chi connectivity index (χ4n) is 1.86. The molecule has 0 aliphatic rings. The van der Waals surface area contributed by atoms with Crippen molar-refractivity contribution in [1.82, 2.24) is 13.7 Å². The molecule has 0 fully saturated rings. The van der Waals surface area contributed by atoms with Gasteiger partial charge in [0.1, 0.15) is 6.61 Å². The van der Waals surface area contributed by atoms with Crippen molar-refractivity contribution in [2.24, 2.45) is 0 Å². The molecule has 1 aromatic heterocycles. The molecule has 0 aliphatic carbocycles. The molecule has 0 saturated carbocycles. The van der Waals surface area contributed by atoms with Crippen LogP contribution >= 0.6 is 0 Å². The number of carbonyl (C=O) groups excluding carboxylic acids is 1. The van der Waals surface area contributed by atoms with E-state index in [0.717, 1.165) is 20.8 Å². The number of rotatable bonds is 7. The lowest BCUT2D eigenvalue weighted by Gasteiger charge is -2.12. The van der Waals surface area contributed by atoms with Gasteiger partial charge in [-0.25, -0.2) is 32.9 Å². The number of methoxy groups -OCH3 is 1. The highest BCUT2D eigenvalue weighted by Crippen LogP contribution is 1.85. The average molecular weight is 317 g/mol. The van der Waals surface area contributed by atoms with Crippen molar-refractivity contribution in [2.75, 3.05) is 20.3 Å². The van der Waals surface area contributed by atoms with E-state index in [1.54, 1.807) is 6.92 Å². The summed E-state index contributed by atoms with van der Waals surface area (Å²) in [5.74, 6) is 0. The van der Waals surface area contributed by atoms with Gasteiger partial charge in [0, 0.05) is 6.54 Å². The Hall–Kier alpha value is -2.36. The third kappa shape index (κ3) is 3.85. The summed E-state index contributed by atoms with van der Waals surface area (Å²) in [7, 11) is 1.13. The minimum absolute atomic E-state index is 0.140. The number of aliphatic hydroxyl groups is 1. The van der Waals surface area contributed by atoms with Crippen LogP contribution in [0, 0.1) is 0 Å². The fraction of sp³-hybridized carbons (Fsp3) is 0.667. The summed E-state index contributed by atoms with van der Waals surface area (Å²) in [6.45, 7) is 0.796. The zero-order chi connectivity index (χ0) is 16.7. The van der Waals surface area contributed by atoms with Crippen molar-refractivity contribution in [2.45, 2.75) is 33.0 Å². The molecule has 10 heteroatoms. The molecule has 1 aromatic rings. The molecule has 1 heterocycles. The van der Waals surface area contributed by atoms with Crippen LogP contribution in [0.4, 0.5) is 4.79 Å². The fourth-order valence-corrected chi connectivity index (χ4v) is 1.86. The normalized spacial score (nSPS) is 10.5. The molecule has 0 saturated heterocycles. The molecular weight excluding hydrogens is 298 g/mol. The van der Waals surface area contributed by atoms with Gasteiger partial charge in [-0.05, 0) is 6.42 Å². The Morgan fingerprint density at radius 2 is 1.50 bits per heavy atom. The number of carbonyl (C=O) groups is 1. The Morgan fingerprint density at radius 3 is 1.95 bits per heavy atom. The molecule has 1 rings (SSSR count). The molecule has 0 amide bonds. The average Bonchev–Trinajstić information content (AvgIpc) is 2.51. The second-order valence-electron chi connectivity index (χ2n) is 4.33. The quantitative estimate of drug-likeness (QED) is 0.598. The van der Waals surface area contributed by atoms with Crippen LogP contribution in [0.5, 0.6) is 0 Å². The summed E-state index contributed by atoms with van der Waals surface area (Å²) >= 11 is 0. The highest BCUT2D eigenvalue weighted by molar-refractivity contribution is 5.59. The van der Waals surface area contributed by atoms with Crippen LogP contribution < -0.4 is 17.1 Å². The minimum atomic E-state index is -0.939. The summed E-state index contributed by atoms with van der Waals surface area (Å²) < 4.78 is 11.4. The Labute approximate surface area is 125 Å². The van der Waals surface area contributed by atoms with Crippen molar-refractivity contribution in [3.63, 3.8) is 0 Å². The van der Waals surface area contributed by atoms with Gasteiger partial charge < -0.3 is 14.6 Å². The first-order valence-electron chi connectivity index (χ1n) is 6.74. The molecule has 0 unspecified atom stereocenters. The third-order valence-corrected chi connectivity index (χ3v) is 2.86. The lowest BCUT2D eigenvalue weighted by atomic mass is 10.5. The van der Waals surface area contributed by atoms with Crippen LogP contribution in [-0.2, 0) is 29.1 Å². The van der Waals surface area contributed by atoms with Gasteiger partial charge in [-0.1, -0.05) is 6.92 Å². The lowest BCUT2D eigenvalue weighted by molar-refractivity contribution is 0.0691. The van der Waals surface area contributed by atoms with E-state index >= 15 is 0 Å². The number of hydrogen-bond donors (Lipinski definition) is 1. The van der Waals surface area contributed by atoms with Crippen molar-refractivity contribution in [1.29, 1.82) is 0 Å². The van der Waals surface area contributed by atoms with Crippen molar-refractivity contribution in [3.05, 3.63) is 31.5 Å². The SMILES string of the molecule is CCCn1c(=O)n(CCO)c(=O)n(CCOC(=O)OC)c1=O. The summed E-state index contributed by atoms with van der Waals surface area (Å²) in [5.41, 5.74) is -2.40. The summed E-state index contributed by atoms with van der Waals surface area (Å²) in [6, 6.07) is 0. The Morgan fingerprint density at radius 1 is 1.00 bits per heavy atom. The monoisotopic (exact) mass is 317 g/mol. The molecule has 1 N–H and O–H groups in total.